The van der Waals surface area contributed by atoms with E-state index < -0.39 is 28.5 Å². The summed E-state index contributed by atoms with van der Waals surface area (Å²) in [5, 5.41) is 2.94. The number of hydrogen-bond acceptors (Lipinski definition) is 4. The van der Waals surface area contributed by atoms with Crippen LogP contribution >= 0.6 is 31.9 Å². The van der Waals surface area contributed by atoms with E-state index in [1.807, 2.05) is 68.4 Å². The number of anilines is 1. The van der Waals surface area contributed by atoms with Crippen LogP contribution < -0.4 is 9.62 Å². The van der Waals surface area contributed by atoms with E-state index in [4.69, 9.17) is 0 Å². The highest BCUT2D eigenvalue weighted by Crippen LogP contribution is 2.23. The van der Waals surface area contributed by atoms with E-state index in [1.165, 1.54) is 4.90 Å². The van der Waals surface area contributed by atoms with Gasteiger partial charge in [-0.15, -0.1) is 0 Å². The normalized spacial score (nSPS) is 12.2. The van der Waals surface area contributed by atoms with Gasteiger partial charge in [0, 0.05) is 28.0 Å². The second kappa shape index (κ2) is 13.4. The van der Waals surface area contributed by atoms with Gasteiger partial charge in [-0.1, -0.05) is 74.3 Å². The Bertz CT molecular complexity index is 1350. The molecular formula is C28H31Br2N3O4S. The minimum Gasteiger partial charge on any atom is -0.352 e. The molecule has 3 rings (SSSR count). The van der Waals surface area contributed by atoms with Crippen molar-refractivity contribution in [3.05, 3.63) is 98.9 Å². The van der Waals surface area contributed by atoms with E-state index in [-0.39, 0.29) is 24.9 Å². The first-order valence-electron chi connectivity index (χ1n) is 12.1. The van der Waals surface area contributed by atoms with Crippen LogP contribution in [0, 0.1) is 0 Å². The molecule has 0 heterocycles. The third-order valence-corrected chi connectivity index (χ3v) is 7.90. The van der Waals surface area contributed by atoms with Gasteiger partial charge in [0.2, 0.25) is 21.8 Å². The maximum absolute atomic E-state index is 14.0. The van der Waals surface area contributed by atoms with Gasteiger partial charge in [-0.2, -0.15) is 0 Å². The van der Waals surface area contributed by atoms with E-state index in [2.05, 4.69) is 37.2 Å². The molecule has 0 saturated heterocycles. The lowest BCUT2D eigenvalue weighted by atomic mass is 10.0. The number of halogens is 2. The molecule has 38 heavy (non-hydrogen) atoms. The number of amides is 2. The first-order chi connectivity index (χ1) is 17.9. The van der Waals surface area contributed by atoms with Crippen molar-refractivity contribution in [3.8, 4) is 0 Å². The zero-order valence-electron chi connectivity index (χ0n) is 21.5. The Morgan fingerprint density at radius 3 is 2.08 bits per heavy atom. The largest absolute Gasteiger partial charge is 0.352 e. The predicted molar refractivity (Wildman–Crippen MR) is 158 cm³/mol. The average Bonchev–Trinajstić information content (AvgIpc) is 2.85. The average molecular weight is 665 g/mol. The van der Waals surface area contributed by atoms with Crippen LogP contribution in [0.3, 0.4) is 0 Å². The highest BCUT2D eigenvalue weighted by molar-refractivity contribution is 9.10. The summed E-state index contributed by atoms with van der Waals surface area (Å²) >= 11 is 6.83. The van der Waals surface area contributed by atoms with Crippen LogP contribution in [0.2, 0.25) is 0 Å². The molecule has 0 bridgehead atoms. The molecule has 1 unspecified atom stereocenters. The van der Waals surface area contributed by atoms with Gasteiger partial charge < -0.3 is 10.2 Å². The van der Waals surface area contributed by atoms with Crippen LogP contribution in [0.5, 0.6) is 0 Å². The molecule has 0 aliphatic carbocycles. The molecule has 1 N–H and O–H groups in total. The fourth-order valence-corrected chi connectivity index (χ4v) is 5.55. The lowest BCUT2D eigenvalue weighted by molar-refractivity contribution is -0.140. The smallest absolute Gasteiger partial charge is 0.244 e. The Balaban J connectivity index is 2.05. The molecule has 2 amide bonds. The summed E-state index contributed by atoms with van der Waals surface area (Å²) in [6, 6.07) is 22.6. The van der Waals surface area contributed by atoms with Crippen molar-refractivity contribution in [1.29, 1.82) is 0 Å². The maximum Gasteiger partial charge on any atom is 0.244 e. The zero-order valence-corrected chi connectivity index (χ0v) is 25.5. The van der Waals surface area contributed by atoms with Crippen molar-refractivity contribution in [2.24, 2.45) is 0 Å². The number of nitrogens with zero attached hydrogens (tertiary/aromatic N) is 2. The number of benzene rings is 3. The van der Waals surface area contributed by atoms with Gasteiger partial charge in [0.25, 0.3) is 0 Å². The Kier molecular flexibility index (Phi) is 10.5. The SMILES string of the molecule is CC(C)NC(=O)C(Cc1ccccc1)N(Cc1cccc(Br)c1)C(=O)CN(c1ccc(Br)cc1)S(C)(=O)=O. The van der Waals surface area contributed by atoms with Crippen molar-refractivity contribution in [3.63, 3.8) is 0 Å². The summed E-state index contributed by atoms with van der Waals surface area (Å²) in [5.41, 5.74) is 2.05. The molecule has 0 fully saturated rings. The van der Waals surface area contributed by atoms with Gasteiger partial charge >= 0.3 is 0 Å². The first kappa shape index (κ1) is 29.9. The number of rotatable bonds is 11. The number of carbonyl (C=O) groups is 2. The minimum atomic E-state index is -3.80. The molecule has 7 nitrogen and oxygen atoms in total. The highest BCUT2D eigenvalue weighted by Gasteiger charge is 2.33. The predicted octanol–water partition coefficient (Wildman–Crippen LogP) is 5.14. The van der Waals surface area contributed by atoms with Crippen LogP contribution in [-0.4, -0.2) is 50.0 Å². The highest BCUT2D eigenvalue weighted by atomic mass is 79.9. The maximum atomic E-state index is 14.0. The zero-order chi connectivity index (χ0) is 27.9. The van der Waals surface area contributed by atoms with E-state index in [1.54, 1.807) is 24.3 Å². The van der Waals surface area contributed by atoms with Crippen LogP contribution in [0.15, 0.2) is 87.8 Å². The molecular weight excluding hydrogens is 634 g/mol. The van der Waals surface area contributed by atoms with Crippen LogP contribution in [-0.2, 0) is 32.6 Å². The van der Waals surface area contributed by atoms with E-state index >= 15 is 0 Å². The molecule has 0 radical (unpaired) electrons. The Morgan fingerprint density at radius 1 is 0.868 bits per heavy atom. The van der Waals surface area contributed by atoms with Gasteiger partial charge in [-0.25, -0.2) is 8.42 Å². The third kappa shape index (κ3) is 8.68. The summed E-state index contributed by atoms with van der Waals surface area (Å²) in [6.45, 7) is 3.39. The van der Waals surface area contributed by atoms with E-state index in [9.17, 15) is 18.0 Å². The van der Waals surface area contributed by atoms with Crippen LogP contribution in [0.1, 0.15) is 25.0 Å². The number of hydrogen-bond donors (Lipinski definition) is 1. The molecule has 202 valence electrons. The Morgan fingerprint density at radius 2 is 1.50 bits per heavy atom. The monoisotopic (exact) mass is 663 g/mol. The molecule has 3 aromatic rings. The van der Waals surface area contributed by atoms with E-state index in [0.717, 1.165) is 30.6 Å². The van der Waals surface area contributed by atoms with Gasteiger partial charge in [0.1, 0.15) is 12.6 Å². The van der Waals surface area contributed by atoms with Crippen molar-refractivity contribution < 1.29 is 18.0 Å². The van der Waals surface area contributed by atoms with Crippen molar-refractivity contribution >= 4 is 59.4 Å². The molecule has 0 saturated carbocycles. The quantitative estimate of drug-likeness (QED) is 0.308. The third-order valence-electron chi connectivity index (χ3n) is 5.74. The molecule has 0 spiro atoms. The van der Waals surface area contributed by atoms with Crippen molar-refractivity contribution in [2.45, 2.75) is 38.9 Å². The van der Waals surface area contributed by atoms with Crippen LogP contribution in [0.4, 0.5) is 5.69 Å². The summed E-state index contributed by atoms with van der Waals surface area (Å²) in [6.07, 6.45) is 1.34. The lowest BCUT2D eigenvalue weighted by Crippen LogP contribution is -2.54. The second-order valence-electron chi connectivity index (χ2n) is 9.27. The minimum absolute atomic E-state index is 0.124. The number of carbonyl (C=O) groups excluding carboxylic acids is 2. The van der Waals surface area contributed by atoms with Gasteiger partial charge in [0.05, 0.1) is 11.9 Å². The molecule has 3 aromatic carbocycles. The summed E-state index contributed by atoms with van der Waals surface area (Å²) in [7, 11) is -3.80. The number of nitrogens with one attached hydrogen (secondary N) is 1. The Hall–Kier alpha value is -2.69. The molecule has 1 atom stereocenters. The summed E-state index contributed by atoms with van der Waals surface area (Å²) in [5.74, 6) is -0.792. The topological polar surface area (TPSA) is 86.8 Å². The van der Waals surface area contributed by atoms with E-state index in [0.29, 0.717) is 5.69 Å². The Labute approximate surface area is 241 Å². The molecule has 0 aliphatic heterocycles. The molecule has 0 aromatic heterocycles. The number of sulfonamides is 1. The van der Waals surface area contributed by atoms with Gasteiger partial charge in [-0.3, -0.25) is 13.9 Å². The second-order valence-corrected chi connectivity index (χ2v) is 13.0. The fraction of sp³-hybridized carbons (Fsp3) is 0.286. The summed E-state index contributed by atoms with van der Waals surface area (Å²) in [4.78, 5) is 28.9. The first-order valence-corrected chi connectivity index (χ1v) is 15.5. The lowest BCUT2D eigenvalue weighted by Gasteiger charge is -2.34. The van der Waals surface area contributed by atoms with Crippen molar-refractivity contribution in [2.75, 3.05) is 17.1 Å². The molecule has 0 aliphatic rings. The standard InChI is InChI=1S/C28H31Br2N3O4S/c1-20(2)31-28(35)26(17-21-8-5-4-6-9-21)32(18-22-10-7-11-24(30)16-22)27(34)19-33(38(3,36)37)25-14-12-23(29)13-15-25/h4-16,20,26H,17-19H2,1-3H3,(H,31,35). The fourth-order valence-electron chi connectivity index (χ4n) is 3.99. The summed E-state index contributed by atoms with van der Waals surface area (Å²) < 4.78 is 28.2. The molecule has 10 heteroatoms. The van der Waals surface area contributed by atoms with Gasteiger partial charge in [-0.05, 0) is 61.4 Å². The van der Waals surface area contributed by atoms with Crippen molar-refractivity contribution in [1.82, 2.24) is 10.2 Å². The van der Waals surface area contributed by atoms with Crippen LogP contribution in [0.25, 0.3) is 0 Å². The van der Waals surface area contributed by atoms with Gasteiger partial charge in [0.15, 0.2) is 0 Å².